The van der Waals surface area contributed by atoms with Crippen molar-refractivity contribution < 1.29 is 0 Å². The fourth-order valence-corrected chi connectivity index (χ4v) is 0.791. The maximum atomic E-state index is 5.46. The molecular formula is C4H12N6. The Morgan fingerprint density at radius 1 is 1.40 bits per heavy atom. The highest BCUT2D eigenvalue weighted by Crippen LogP contribution is 2.10. The molecule has 0 aliphatic carbocycles. The van der Waals surface area contributed by atoms with Crippen LogP contribution < -0.4 is 28.4 Å². The minimum atomic E-state index is -1.20. The van der Waals surface area contributed by atoms with Crippen LogP contribution in [0.5, 0.6) is 0 Å². The van der Waals surface area contributed by atoms with E-state index in [2.05, 4.69) is 5.43 Å². The first-order valence-corrected chi connectivity index (χ1v) is 2.80. The van der Waals surface area contributed by atoms with Crippen molar-refractivity contribution in [1.82, 2.24) is 10.4 Å². The smallest absolute Gasteiger partial charge is 0.180 e. The van der Waals surface area contributed by atoms with Crippen molar-refractivity contribution in [3.05, 3.63) is 11.5 Å². The first-order valence-electron chi connectivity index (χ1n) is 2.80. The third-order valence-electron chi connectivity index (χ3n) is 1.44. The normalized spacial score (nSPS) is 24.1. The maximum Gasteiger partial charge on any atom is 0.180 e. The molecule has 0 saturated heterocycles. The number of nitrogens with zero attached hydrogens (tertiary/aromatic N) is 1. The quantitative estimate of drug-likeness (QED) is 0.233. The van der Waals surface area contributed by atoms with Gasteiger partial charge in [0.1, 0.15) is 11.5 Å². The number of hydrogen-bond acceptors (Lipinski definition) is 6. The van der Waals surface area contributed by atoms with Crippen molar-refractivity contribution in [1.29, 1.82) is 0 Å². The Bertz CT molecular complexity index is 182. The molecule has 1 aliphatic heterocycles. The largest absolute Gasteiger partial charge is 0.395 e. The second-order valence-corrected chi connectivity index (χ2v) is 2.34. The van der Waals surface area contributed by atoms with Crippen molar-refractivity contribution in [3.63, 3.8) is 0 Å². The zero-order valence-electron chi connectivity index (χ0n) is 5.76. The summed E-state index contributed by atoms with van der Waals surface area (Å²) in [7, 11) is 1.68. The lowest BCUT2D eigenvalue weighted by atomic mass is 10.3. The monoisotopic (exact) mass is 144 g/mol. The van der Waals surface area contributed by atoms with Gasteiger partial charge in [0.05, 0.1) is 0 Å². The molecule has 0 aromatic carbocycles. The van der Waals surface area contributed by atoms with Crippen LogP contribution in [0.1, 0.15) is 0 Å². The SMILES string of the molecule is CN1NC(N)(N)C(N)=C1N. The fourth-order valence-electron chi connectivity index (χ4n) is 0.791. The average molecular weight is 144 g/mol. The van der Waals surface area contributed by atoms with Gasteiger partial charge in [0, 0.05) is 7.05 Å². The Kier molecular flexibility index (Phi) is 1.25. The van der Waals surface area contributed by atoms with Crippen molar-refractivity contribution in [3.8, 4) is 0 Å². The number of rotatable bonds is 0. The van der Waals surface area contributed by atoms with E-state index in [1.807, 2.05) is 0 Å². The van der Waals surface area contributed by atoms with Crippen LogP contribution in [0.3, 0.4) is 0 Å². The molecule has 0 aromatic rings. The summed E-state index contributed by atoms with van der Waals surface area (Å²) in [5, 5.41) is 1.48. The van der Waals surface area contributed by atoms with E-state index >= 15 is 0 Å². The van der Waals surface area contributed by atoms with Crippen LogP contribution in [0.15, 0.2) is 11.5 Å². The van der Waals surface area contributed by atoms with E-state index in [1.54, 1.807) is 7.05 Å². The van der Waals surface area contributed by atoms with Crippen LogP contribution in [-0.4, -0.2) is 17.8 Å². The van der Waals surface area contributed by atoms with Crippen LogP contribution in [0.2, 0.25) is 0 Å². The van der Waals surface area contributed by atoms with Crippen LogP contribution in [0.25, 0.3) is 0 Å². The average Bonchev–Trinajstić information content (AvgIpc) is 1.95. The molecule has 0 bridgehead atoms. The number of hydrogen-bond donors (Lipinski definition) is 5. The zero-order valence-corrected chi connectivity index (χ0v) is 5.76. The first-order chi connectivity index (χ1) is 4.45. The number of nitrogens with two attached hydrogens (primary N) is 4. The molecule has 0 radical (unpaired) electrons. The summed E-state index contributed by atoms with van der Waals surface area (Å²) in [4.78, 5) is 0. The van der Waals surface area contributed by atoms with Gasteiger partial charge in [-0.1, -0.05) is 0 Å². The van der Waals surface area contributed by atoms with Gasteiger partial charge in [-0.25, -0.2) is 0 Å². The van der Waals surface area contributed by atoms with Gasteiger partial charge in [-0.2, -0.15) is 5.43 Å². The Morgan fingerprint density at radius 2 is 1.90 bits per heavy atom. The lowest BCUT2D eigenvalue weighted by Crippen LogP contribution is -2.63. The van der Waals surface area contributed by atoms with E-state index in [1.165, 1.54) is 5.01 Å². The molecule has 0 aromatic heterocycles. The van der Waals surface area contributed by atoms with Gasteiger partial charge >= 0.3 is 0 Å². The lowest BCUT2D eigenvalue weighted by molar-refractivity contribution is 0.243. The Morgan fingerprint density at radius 3 is 2.00 bits per heavy atom. The van der Waals surface area contributed by atoms with E-state index in [9.17, 15) is 0 Å². The molecule has 0 amide bonds. The van der Waals surface area contributed by atoms with E-state index < -0.39 is 5.79 Å². The molecule has 58 valence electrons. The Labute approximate surface area is 58.8 Å². The van der Waals surface area contributed by atoms with E-state index in [0.717, 1.165) is 0 Å². The van der Waals surface area contributed by atoms with E-state index in [-0.39, 0.29) is 5.70 Å². The molecule has 1 aliphatic rings. The van der Waals surface area contributed by atoms with Crippen LogP contribution in [0, 0.1) is 0 Å². The predicted octanol–water partition coefficient (Wildman–Crippen LogP) is -2.91. The van der Waals surface area contributed by atoms with Gasteiger partial charge in [-0.15, -0.1) is 0 Å². The minimum Gasteiger partial charge on any atom is -0.395 e. The third-order valence-corrected chi connectivity index (χ3v) is 1.44. The molecular weight excluding hydrogens is 132 g/mol. The molecule has 0 saturated carbocycles. The summed E-state index contributed by atoms with van der Waals surface area (Å²) < 4.78 is 0. The highest BCUT2D eigenvalue weighted by atomic mass is 15.6. The summed E-state index contributed by atoms with van der Waals surface area (Å²) >= 11 is 0. The Balaban J connectivity index is 2.95. The molecule has 9 N–H and O–H groups in total. The Hall–Kier alpha value is -0.980. The van der Waals surface area contributed by atoms with Gasteiger partial charge in [-0.3, -0.25) is 16.5 Å². The van der Waals surface area contributed by atoms with E-state index in [4.69, 9.17) is 22.9 Å². The van der Waals surface area contributed by atoms with Gasteiger partial charge in [0.25, 0.3) is 0 Å². The van der Waals surface area contributed by atoms with Crippen molar-refractivity contribution in [2.45, 2.75) is 5.79 Å². The molecule has 1 heterocycles. The minimum absolute atomic E-state index is 0.259. The highest BCUT2D eigenvalue weighted by molar-refractivity contribution is 5.21. The fraction of sp³-hybridized carbons (Fsp3) is 0.500. The van der Waals surface area contributed by atoms with Crippen LogP contribution in [0.4, 0.5) is 0 Å². The zero-order chi connectivity index (χ0) is 7.94. The van der Waals surface area contributed by atoms with Crippen LogP contribution in [-0.2, 0) is 0 Å². The van der Waals surface area contributed by atoms with Crippen LogP contribution >= 0.6 is 0 Å². The molecule has 0 atom stereocenters. The van der Waals surface area contributed by atoms with Gasteiger partial charge in [0.2, 0.25) is 0 Å². The number of hydrazine groups is 1. The second-order valence-electron chi connectivity index (χ2n) is 2.34. The predicted molar refractivity (Wildman–Crippen MR) is 37.4 cm³/mol. The van der Waals surface area contributed by atoms with Crippen molar-refractivity contribution in [2.75, 3.05) is 7.05 Å². The molecule has 6 nitrogen and oxygen atoms in total. The molecule has 6 heteroatoms. The summed E-state index contributed by atoms with van der Waals surface area (Å²) in [5.41, 5.74) is 24.7. The summed E-state index contributed by atoms with van der Waals surface area (Å²) in [6.45, 7) is 0. The molecule has 10 heavy (non-hydrogen) atoms. The highest BCUT2D eigenvalue weighted by Gasteiger charge is 2.33. The molecule has 0 spiro atoms. The molecule has 0 fully saturated rings. The maximum absolute atomic E-state index is 5.46. The second kappa shape index (κ2) is 1.75. The molecule has 1 rings (SSSR count). The molecule has 0 unspecified atom stereocenters. The topological polar surface area (TPSA) is 119 Å². The summed E-state index contributed by atoms with van der Waals surface area (Å²) in [6.07, 6.45) is 0. The third kappa shape index (κ3) is 0.783. The standard InChI is InChI=1S/C4H12N6/c1-10-3(6)2(5)4(7,8)9-10/h9H,5-8H2,1H3. The van der Waals surface area contributed by atoms with E-state index in [0.29, 0.717) is 5.82 Å². The first kappa shape index (κ1) is 7.13. The van der Waals surface area contributed by atoms with Gasteiger partial charge < -0.3 is 11.5 Å². The van der Waals surface area contributed by atoms with Gasteiger partial charge in [-0.05, 0) is 0 Å². The van der Waals surface area contributed by atoms with Crippen molar-refractivity contribution >= 4 is 0 Å². The van der Waals surface area contributed by atoms with Gasteiger partial charge in [0.15, 0.2) is 5.79 Å². The van der Waals surface area contributed by atoms with Crippen molar-refractivity contribution in [2.24, 2.45) is 22.9 Å². The summed E-state index contributed by atoms with van der Waals surface area (Å²) in [5.74, 6) is -0.830. The lowest BCUT2D eigenvalue weighted by Gasteiger charge is -2.21. The number of nitrogens with one attached hydrogen (secondary N) is 1. The summed E-state index contributed by atoms with van der Waals surface area (Å²) in [6, 6.07) is 0.